The average Bonchev–Trinajstić information content (AvgIpc) is 3.03. The molecule has 2 aromatic heterocycles. The van der Waals surface area contributed by atoms with Crippen LogP contribution in [-0.2, 0) is 4.74 Å². The molecule has 4 rings (SSSR count). The smallest absolute Gasteiger partial charge is 0.145 e. The standard InChI is InChI=1S/C17H19N5O/c18-12-1-3-13(4-2-12)21-16-15-5-8-22(17(15)20-11-19-16)14-6-9-23-10-7-14/h1-5,8,11,14H,6-7,9-10,18H2,(H,19,20,21). The normalized spacial score (nSPS) is 15.8. The largest absolute Gasteiger partial charge is 0.399 e. The number of ether oxygens (including phenoxy) is 1. The van der Waals surface area contributed by atoms with Gasteiger partial charge >= 0.3 is 0 Å². The van der Waals surface area contributed by atoms with Gasteiger partial charge in [0.25, 0.3) is 0 Å². The van der Waals surface area contributed by atoms with Crippen LogP contribution >= 0.6 is 0 Å². The highest BCUT2D eigenvalue weighted by Gasteiger charge is 2.18. The van der Waals surface area contributed by atoms with E-state index in [0.717, 1.165) is 54.3 Å². The molecule has 0 amide bonds. The number of hydrogen-bond acceptors (Lipinski definition) is 5. The van der Waals surface area contributed by atoms with Crippen LogP contribution < -0.4 is 11.1 Å². The van der Waals surface area contributed by atoms with Gasteiger partial charge in [0.15, 0.2) is 0 Å². The number of nitrogens with one attached hydrogen (secondary N) is 1. The first-order valence-electron chi connectivity index (χ1n) is 7.83. The van der Waals surface area contributed by atoms with Gasteiger partial charge in [0.2, 0.25) is 0 Å². The van der Waals surface area contributed by atoms with Crippen LogP contribution in [0.1, 0.15) is 18.9 Å². The van der Waals surface area contributed by atoms with E-state index in [4.69, 9.17) is 10.5 Å². The summed E-state index contributed by atoms with van der Waals surface area (Å²) in [7, 11) is 0. The van der Waals surface area contributed by atoms with Crippen LogP contribution in [0.5, 0.6) is 0 Å². The number of rotatable bonds is 3. The lowest BCUT2D eigenvalue weighted by atomic mass is 10.1. The van der Waals surface area contributed by atoms with Crippen molar-refractivity contribution < 1.29 is 4.74 Å². The molecule has 3 heterocycles. The summed E-state index contributed by atoms with van der Waals surface area (Å²) in [5.41, 5.74) is 8.39. The van der Waals surface area contributed by atoms with E-state index in [1.807, 2.05) is 24.3 Å². The van der Waals surface area contributed by atoms with Gasteiger partial charge in [-0.1, -0.05) is 0 Å². The molecule has 0 unspecified atom stereocenters. The first kappa shape index (κ1) is 14.0. The Balaban J connectivity index is 1.68. The highest BCUT2D eigenvalue weighted by Crippen LogP contribution is 2.29. The molecule has 6 heteroatoms. The van der Waals surface area contributed by atoms with Gasteiger partial charge in [-0.25, -0.2) is 9.97 Å². The van der Waals surface area contributed by atoms with E-state index in [0.29, 0.717) is 6.04 Å². The van der Waals surface area contributed by atoms with Crippen LogP contribution in [-0.4, -0.2) is 27.7 Å². The van der Waals surface area contributed by atoms with Crippen molar-refractivity contribution >= 4 is 28.2 Å². The SMILES string of the molecule is Nc1ccc(Nc2ncnc3c2ccn3C2CCOCC2)cc1. The first-order chi connectivity index (χ1) is 11.3. The van der Waals surface area contributed by atoms with Gasteiger partial charge in [-0.3, -0.25) is 0 Å². The number of fused-ring (bicyclic) bond motifs is 1. The maximum absolute atomic E-state index is 5.73. The molecule has 1 saturated heterocycles. The third kappa shape index (κ3) is 2.73. The second-order valence-corrected chi connectivity index (χ2v) is 5.77. The first-order valence-corrected chi connectivity index (χ1v) is 7.83. The van der Waals surface area contributed by atoms with E-state index >= 15 is 0 Å². The molecule has 0 bridgehead atoms. The van der Waals surface area contributed by atoms with E-state index in [1.165, 1.54) is 0 Å². The van der Waals surface area contributed by atoms with E-state index in [-0.39, 0.29) is 0 Å². The predicted molar refractivity (Wildman–Crippen MR) is 90.8 cm³/mol. The molecule has 6 nitrogen and oxygen atoms in total. The quantitative estimate of drug-likeness (QED) is 0.727. The summed E-state index contributed by atoms with van der Waals surface area (Å²) < 4.78 is 7.70. The number of anilines is 3. The summed E-state index contributed by atoms with van der Waals surface area (Å²) in [6, 6.07) is 10.1. The lowest BCUT2D eigenvalue weighted by Gasteiger charge is -2.24. The fraction of sp³-hybridized carbons (Fsp3) is 0.294. The number of hydrogen-bond donors (Lipinski definition) is 2. The number of benzene rings is 1. The molecule has 1 fully saturated rings. The molecule has 0 saturated carbocycles. The van der Waals surface area contributed by atoms with Gasteiger partial charge in [0.1, 0.15) is 17.8 Å². The van der Waals surface area contributed by atoms with Gasteiger partial charge in [0.05, 0.1) is 5.39 Å². The molecular weight excluding hydrogens is 290 g/mol. The third-order valence-electron chi connectivity index (χ3n) is 4.27. The van der Waals surface area contributed by atoms with Gasteiger partial charge in [0, 0.05) is 36.8 Å². The lowest BCUT2D eigenvalue weighted by molar-refractivity contribution is 0.0706. The molecule has 3 aromatic rings. The summed E-state index contributed by atoms with van der Waals surface area (Å²) in [5.74, 6) is 0.811. The van der Waals surface area contributed by atoms with Crippen LogP contribution in [0.4, 0.5) is 17.2 Å². The van der Waals surface area contributed by atoms with Crippen molar-refractivity contribution in [2.24, 2.45) is 0 Å². The van der Waals surface area contributed by atoms with Crippen LogP contribution in [0.25, 0.3) is 11.0 Å². The Morgan fingerprint density at radius 2 is 1.87 bits per heavy atom. The Hall–Kier alpha value is -2.60. The second-order valence-electron chi connectivity index (χ2n) is 5.77. The van der Waals surface area contributed by atoms with Crippen molar-refractivity contribution in [3.63, 3.8) is 0 Å². The molecule has 23 heavy (non-hydrogen) atoms. The van der Waals surface area contributed by atoms with Crippen LogP contribution in [0.2, 0.25) is 0 Å². The van der Waals surface area contributed by atoms with Gasteiger partial charge in [-0.2, -0.15) is 0 Å². The minimum Gasteiger partial charge on any atom is -0.399 e. The zero-order valence-corrected chi connectivity index (χ0v) is 12.8. The minimum absolute atomic E-state index is 0.445. The van der Waals surface area contributed by atoms with Gasteiger partial charge in [-0.15, -0.1) is 0 Å². The van der Waals surface area contributed by atoms with Gasteiger partial charge in [-0.05, 0) is 43.2 Å². The fourth-order valence-electron chi connectivity index (χ4n) is 3.03. The Kier molecular flexibility index (Phi) is 3.59. The van der Waals surface area contributed by atoms with E-state index in [9.17, 15) is 0 Å². The molecule has 0 atom stereocenters. The molecule has 1 aromatic carbocycles. The van der Waals surface area contributed by atoms with Crippen molar-refractivity contribution in [3.05, 3.63) is 42.9 Å². The van der Waals surface area contributed by atoms with E-state index in [2.05, 4.69) is 32.1 Å². The predicted octanol–water partition coefficient (Wildman–Crippen LogP) is 3.11. The lowest BCUT2D eigenvalue weighted by Crippen LogP contribution is -2.19. The zero-order valence-electron chi connectivity index (χ0n) is 12.8. The minimum atomic E-state index is 0.445. The van der Waals surface area contributed by atoms with Crippen LogP contribution in [0, 0.1) is 0 Å². The molecule has 0 aliphatic carbocycles. The monoisotopic (exact) mass is 309 g/mol. The Morgan fingerprint density at radius 3 is 2.65 bits per heavy atom. The highest BCUT2D eigenvalue weighted by molar-refractivity contribution is 5.89. The molecule has 0 radical (unpaired) electrons. The van der Waals surface area contributed by atoms with Crippen LogP contribution in [0.15, 0.2) is 42.9 Å². The molecular formula is C17H19N5O. The third-order valence-corrected chi connectivity index (χ3v) is 4.27. The maximum Gasteiger partial charge on any atom is 0.145 e. The topological polar surface area (TPSA) is 78.0 Å². The molecule has 3 N–H and O–H groups in total. The summed E-state index contributed by atoms with van der Waals surface area (Å²) in [4.78, 5) is 8.88. The Morgan fingerprint density at radius 1 is 1.09 bits per heavy atom. The summed E-state index contributed by atoms with van der Waals surface area (Å²) in [6.07, 6.45) is 5.75. The Labute approximate surface area is 134 Å². The number of nitrogen functional groups attached to an aromatic ring is 1. The van der Waals surface area contributed by atoms with E-state index < -0.39 is 0 Å². The number of nitrogens with two attached hydrogens (primary N) is 1. The van der Waals surface area contributed by atoms with Crippen molar-refractivity contribution in [3.8, 4) is 0 Å². The number of aromatic nitrogens is 3. The molecule has 1 aliphatic rings. The molecule has 118 valence electrons. The maximum atomic E-state index is 5.73. The van der Waals surface area contributed by atoms with Gasteiger partial charge < -0.3 is 20.4 Å². The summed E-state index contributed by atoms with van der Waals surface area (Å²) in [5, 5.41) is 4.37. The summed E-state index contributed by atoms with van der Waals surface area (Å²) in [6.45, 7) is 1.62. The number of nitrogens with zero attached hydrogens (tertiary/aromatic N) is 3. The average molecular weight is 309 g/mol. The van der Waals surface area contributed by atoms with Crippen molar-refractivity contribution in [2.45, 2.75) is 18.9 Å². The molecule has 0 spiro atoms. The highest BCUT2D eigenvalue weighted by atomic mass is 16.5. The van der Waals surface area contributed by atoms with E-state index in [1.54, 1.807) is 6.33 Å². The zero-order chi connectivity index (χ0) is 15.6. The second kappa shape index (κ2) is 5.89. The van der Waals surface area contributed by atoms with Crippen molar-refractivity contribution in [1.82, 2.24) is 14.5 Å². The summed E-state index contributed by atoms with van der Waals surface area (Å²) >= 11 is 0. The van der Waals surface area contributed by atoms with Crippen molar-refractivity contribution in [2.75, 3.05) is 24.3 Å². The fourth-order valence-corrected chi connectivity index (χ4v) is 3.03. The van der Waals surface area contributed by atoms with Crippen molar-refractivity contribution in [1.29, 1.82) is 0 Å². The van der Waals surface area contributed by atoms with Crippen LogP contribution in [0.3, 0.4) is 0 Å². The Bertz CT molecular complexity index is 805. The molecule has 1 aliphatic heterocycles.